The molecule has 0 radical (unpaired) electrons. The number of carbonyl (C=O) groups excluding carboxylic acids is 1. The molecule has 2 atom stereocenters. The zero-order valence-corrected chi connectivity index (χ0v) is 16.9. The number of benzene rings is 1. The van der Waals surface area contributed by atoms with Gasteiger partial charge >= 0.3 is 0 Å². The van der Waals surface area contributed by atoms with Crippen molar-refractivity contribution in [2.45, 2.75) is 12.1 Å². The van der Waals surface area contributed by atoms with Crippen LogP contribution in [-0.4, -0.2) is 70.5 Å². The SMILES string of the molecule is CN(C)C[C@@H]1OCCN(C(=O)c2cc(-c3ccccc3)no2)[C@H]1c1cnn(C)c1. The third-order valence-corrected chi connectivity index (χ3v) is 5.01. The van der Waals surface area contributed by atoms with Crippen molar-refractivity contribution < 1.29 is 14.1 Å². The molecule has 0 N–H and O–H groups in total. The first-order valence-corrected chi connectivity index (χ1v) is 9.61. The Morgan fingerprint density at radius 3 is 2.76 bits per heavy atom. The second kappa shape index (κ2) is 8.18. The van der Waals surface area contributed by atoms with Crippen LogP contribution in [0.3, 0.4) is 0 Å². The third-order valence-electron chi connectivity index (χ3n) is 5.01. The van der Waals surface area contributed by atoms with E-state index in [0.717, 1.165) is 11.1 Å². The highest BCUT2D eigenvalue weighted by Crippen LogP contribution is 2.32. The number of amides is 1. The number of hydrogen-bond acceptors (Lipinski definition) is 6. The summed E-state index contributed by atoms with van der Waals surface area (Å²) in [6.45, 7) is 1.64. The molecule has 4 rings (SSSR count). The van der Waals surface area contributed by atoms with E-state index < -0.39 is 0 Å². The maximum Gasteiger partial charge on any atom is 0.293 e. The molecule has 0 aliphatic carbocycles. The lowest BCUT2D eigenvalue weighted by atomic mass is 10.00. The maximum absolute atomic E-state index is 13.4. The van der Waals surface area contributed by atoms with Gasteiger partial charge < -0.3 is 19.1 Å². The van der Waals surface area contributed by atoms with Gasteiger partial charge in [-0.3, -0.25) is 9.48 Å². The molecular weight excluding hydrogens is 370 g/mol. The molecule has 1 saturated heterocycles. The average Bonchev–Trinajstić information content (AvgIpc) is 3.37. The Morgan fingerprint density at radius 2 is 2.07 bits per heavy atom. The van der Waals surface area contributed by atoms with Gasteiger partial charge in [-0.15, -0.1) is 0 Å². The lowest BCUT2D eigenvalue weighted by Crippen LogP contribution is -2.51. The summed E-state index contributed by atoms with van der Waals surface area (Å²) in [7, 11) is 5.85. The molecule has 1 fully saturated rings. The minimum absolute atomic E-state index is 0.164. The molecule has 1 aromatic carbocycles. The first kappa shape index (κ1) is 19.4. The predicted molar refractivity (Wildman–Crippen MR) is 107 cm³/mol. The number of likely N-dealkylation sites (N-methyl/N-ethyl adjacent to an activating group) is 1. The number of hydrogen-bond donors (Lipinski definition) is 0. The van der Waals surface area contributed by atoms with Gasteiger partial charge in [0.25, 0.3) is 5.91 Å². The highest BCUT2D eigenvalue weighted by molar-refractivity contribution is 5.92. The van der Waals surface area contributed by atoms with Crippen LogP contribution in [0.5, 0.6) is 0 Å². The Morgan fingerprint density at radius 1 is 1.28 bits per heavy atom. The summed E-state index contributed by atoms with van der Waals surface area (Å²) in [5, 5.41) is 8.38. The van der Waals surface area contributed by atoms with Gasteiger partial charge in [0.15, 0.2) is 0 Å². The van der Waals surface area contributed by atoms with Crippen LogP contribution in [0.2, 0.25) is 0 Å². The average molecular weight is 395 g/mol. The largest absolute Gasteiger partial charge is 0.373 e. The Kier molecular flexibility index (Phi) is 5.46. The van der Waals surface area contributed by atoms with Crippen molar-refractivity contribution in [3.8, 4) is 11.3 Å². The minimum atomic E-state index is -0.252. The van der Waals surface area contributed by atoms with Crippen molar-refractivity contribution >= 4 is 5.91 Å². The molecular formula is C21H25N5O3. The van der Waals surface area contributed by atoms with Crippen LogP contribution in [0.15, 0.2) is 53.3 Å². The normalized spacial score (nSPS) is 19.7. The smallest absolute Gasteiger partial charge is 0.293 e. The maximum atomic E-state index is 13.4. The summed E-state index contributed by atoms with van der Waals surface area (Å²) in [4.78, 5) is 17.2. The van der Waals surface area contributed by atoms with Crippen LogP contribution in [0.1, 0.15) is 22.2 Å². The first-order chi connectivity index (χ1) is 14.0. The van der Waals surface area contributed by atoms with Gasteiger partial charge in [0.2, 0.25) is 5.76 Å². The molecule has 8 nitrogen and oxygen atoms in total. The standard InChI is InChI=1S/C21H25N5O3/c1-24(2)14-19-20(16-12-22-25(3)13-16)26(9-10-28-19)21(27)18-11-17(23-29-18)15-7-5-4-6-8-15/h4-8,11-13,19-20H,9-10,14H2,1-3H3/t19-,20-/m0/s1. The molecule has 8 heteroatoms. The fourth-order valence-electron chi connectivity index (χ4n) is 3.72. The van der Waals surface area contributed by atoms with E-state index in [4.69, 9.17) is 9.26 Å². The summed E-state index contributed by atoms with van der Waals surface area (Å²) < 4.78 is 13.2. The molecule has 0 spiro atoms. The van der Waals surface area contributed by atoms with Crippen LogP contribution in [0.25, 0.3) is 11.3 Å². The first-order valence-electron chi connectivity index (χ1n) is 9.61. The van der Waals surface area contributed by atoms with Crippen molar-refractivity contribution in [3.63, 3.8) is 0 Å². The quantitative estimate of drug-likeness (QED) is 0.659. The molecule has 1 aliphatic heterocycles. The van der Waals surface area contributed by atoms with E-state index in [-0.39, 0.29) is 23.8 Å². The second-order valence-electron chi connectivity index (χ2n) is 7.50. The fraction of sp³-hybridized carbons (Fsp3) is 0.381. The summed E-state index contributed by atoms with van der Waals surface area (Å²) in [6.07, 6.45) is 3.55. The van der Waals surface area contributed by atoms with Crippen LogP contribution >= 0.6 is 0 Å². The second-order valence-corrected chi connectivity index (χ2v) is 7.50. The van der Waals surface area contributed by atoms with Crippen molar-refractivity contribution in [1.29, 1.82) is 0 Å². The number of carbonyl (C=O) groups is 1. The minimum Gasteiger partial charge on any atom is -0.373 e. The monoisotopic (exact) mass is 395 g/mol. The molecule has 0 unspecified atom stereocenters. The number of aryl methyl sites for hydroxylation is 1. The third kappa shape index (κ3) is 4.08. The number of nitrogens with zero attached hydrogens (tertiary/aromatic N) is 5. The Bertz CT molecular complexity index is 966. The lowest BCUT2D eigenvalue weighted by Gasteiger charge is -2.41. The fourth-order valence-corrected chi connectivity index (χ4v) is 3.72. The highest BCUT2D eigenvalue weighted by Gasteiger charge is 2.39. The number of morpholine rings is 1. The van der Waals surface area contributed by atoms with E-state index in [0.29, 0.717) is 25.4 Å². The topological polar surface area (TPSA) is 76.6 Å². The summed E-state index contributed by atoms with van der Waals surface area (Å²) in [5.41, 5.74) is 2.49. The molecule has 152 valence electrons. The molecule has 1 aliphatic rings. The van der Waals surface area contributed by atoms with Crippen LogP contribution in [-0.2, 0) is 11.8 Å². The van der Waals surface area contributed by atoms with Crippen molar-refractivity contribution in [2.24, 2.45) is 7.05 Å². The van der Waals surface area contributed by atoms with E-state index >= 15 is 0 Å². The van der Waals surface area contributed by atoms with E-state index in [1.165, 1.54) is 0 Å². The van der Waals surface area contributed by atoms with Crippen molar-refractivity contribution in [3.05, 3.63) is 60.1 Å². The van der Waals surface area contributed by atoms with Crippen LogP contribution in [0.4, 0.5) is 0 Å². The predicted octanol–water partition coefficient (Wildman–Crippen LogP) is 2.22. The molecule has 3 aromatic rings. The Labute approximate surface area is 169 Å². The van der Waals surface area contributed by atoms with Gasteiger partial charge in [0.05, 0.1) is 24.9 Å². The number of aromatic nitrogens is 3. The van der Waals surface area contributed by atoms with Crippen molar-refractivity contribution in [2.75, 3.05) is 33.8 Å². The molecule has 1 amide bonds. The zero-order chi connectivity index (χ0) is 20.4. The molecule has 0 bridgehead atoms. The Balaban J connectivity index is 1.64. The van der Waals surface area contributed by atoms with E-state index in [1.54, 1.807) is 16.9 Å². The van der Waals surface area contributed by atoms with Crippen LogP contribution in [0, 0.1) is 0 Å². The summed E-state index contributed by atoms with van der Waals surface area (Å²) in [6, 6.07) is 11.1. The van der Waals surface area contributed by atoms with E-state index in [1.807, 2.05) is 62.6 Å². The van der Waals surface area contributed by atoms with Gasteiger partial charge in [-0.1, -0.05) is 35.5 Å². The zero-order valence-electron chi connectivity index (χ0n) is 16.9. The summed E-state index contributed by atoms with van der Waals surface area (Å²) >= 11 is 0. The van der Waals surface area contributed by atoms with E-state index in [9.17, 15) is 4.79 Å². The van der Waals surface area contributed by atoms with Crippen LogP contribution < -0.4 is 0 Å². The number of rotatable bonds is 5. The van der Waals surface area contributed by atoms with Gasteiger partial charge in [-0.05, 0) is 14.1 Å². The van der Waals surface area contributed by atoms with Gasteiger partial charge in [0, 0.05) is 43.5 Å². The summed E-state index contributed by atoms with van der Waals surface area (Å²) in [5.74, 6) is 0.0313. The van der Waals surface area contributed by atoms with Gasteiger partial charge in [0.1, 0.15) is 5.69 Å². The van der Waals surface area contributed by atoms with Gasteiger partial charge in [-0.2, -0.15) is 5.10 Å². The molecule has 2 aromatic heterocycles. The van der Waals surface area contributed by atoms with Gasteiger partial charge in [-0.25, -0.2) is 0 Å². The van der Waals surface area contributed by atoms with E-state index in [2.05, 4.69) is 15.2 Å². The lowest BCUT2D eigenvalue weighted by molar-refractivity contribution is -0.0693. The molecule has 0 saturated carbocycles. The molecule has 3 heterocycles. The molecule has 29 heavy (non-hydrogen) atoms. The number of ether oxygens (including phenoxy) is 1. The highest BCUT2D eigenvalue weighted by atomic mass is 16.5. The van der Waals surface area contributed by atoms with Crippen molar-refractivity contribution in [1.82, 2.24) is 24.7 Å². The Hall–Kier alpha value is -2.97.